The van der Waals surface area contributed by atoms with Crippen LogP contribution in [0.1, 0.15) is 26.5 Å². The molecular formula is C19H23F3N4O5. The molecule has 2 aliphatic heterocycles. The van der Waals surface area contributed by atoms with Crippen LogP contribution in [0, 0.1) is 0 Å². The van der Waals surface area contributed by atoms with Crippen molar-refractivity contribution in [3.63, 3.8) is 0 Å². The summed E-state index contributed by atoms with van der Waals surface area (Å²) in [7, 11) is 0. The van der Waals surface area contributed by atoms with Crippen molar-refractivity contribution in [2.24, 2.45) is 0 Å². The third kappa shape index (κ3) is 5.06. The van der Waals surface area contributed by atoms with Gasteiger partial charge in [0.25, 0.3) is 5.91 Å². The number of carbonyl (C=O) groups excluding carboxylic acids is 3. The Morgan fingerprint density at radius 2 is 1.90 bits per heavy atom. The maximum Gasteiger partial charge on any atom is 0.528 e. The van der Waals surface area contributed by atoms with E-state index in [0.29, 0.717) is 5.69 Å². The summed E-state index contributed by atoms with van der Waals surface area (Å²) < 4.78 is 44.1. The smallest absolute Gasteiger partial charge is 0.427 e. The molecular weight excluding hydrogens is 421 g/mol. The van der Waals surface area contributed by atoms with Gasteiger partial charge in [-0.15, -0.1) is 5.06 Å². The highest BCUT2D eigenvalue weighted by Crippen LogP contribution is 2.36. The van der Waals surface area contributed by atoms with E-state index in [1.807, 2.05) is 0 Å². The van der Waals surface area contributed by atoms with Crippen LogP contribution in [0.25, 0.3) is 0 Å². The van der Waals surface area contributed by atoms with Gasteiger partial charge < -0.3 is 14.5 Å². The molecule has 3 rings (SSSR count). The molecule has 1 atom stereocenters. The van der Waals surface area contributed by atoms with E-state index in [2.05, 4.69) is 4.98 Å². The van der Waals surface area contributed by atoms with E-state index >= 15 is 0 Å². The SMILES string of the molecule is CC(C)(C)OC(=O)ON1CCN2C(=O)N(CC(F)(F)F)C(=O)[C@]2(Cc2ccccn2)C1. The van der Waals surface area contributed by atoms with Gasteiger partial charge in [0.15, 0.2) is 0 Å². The Kier molecular flexibility index (Phi) is 5.87. The maximum atomic E-state index is 13.2. The molecule has 0 unspecified atom stereocenters. The number of alkyl halides is 3. The first kappa shape index (κ1) is 22.8. The number of carbonyl (C=O) groups is 3. The second-order valence-corrected chi connectivity index (χ2v) is 8.39. The first-order valence-corrected chi connectivity index (χ1v) is 9.57. The zero-order valence-electron chi connectivity index (χ0n) is 17.3. The Morgan fingerprint density at radius 1 is 1.19 bits per heavy atom. The fourth-order valence-corrected chi connectivity index (χ4v) is 3.63. The van der Waals surface area contributed by atoms with E-state index in [0.717, 1.165) is 9.96 Å². The van der Waals surface area contributed by atoms with Crippen molar-refractivity contribution in [3.05, 3.63) is 30.1 Å². The number of aromatic nitrogens is 1. The van der Waals surface area contributed by atoms with Crippen LogP contribution in [0.4, 0.5) is 22.8 Å². The van der Waals surface area contributed by atoms with Crippen LogP contribution in [0.15, 0.2) is 24.4 Å². The summed E-state index contributed by atoms with van der Waals surface area (Å²) in [5, 5.41) is 1.13. The van der Waals surface area contributed by atoms with Gasteiger partial charge in [-0.3, -0.25) is 14.7 Å². The van der Waals surface area contributed by atoms with Crippen LogP contribution in [0.2, 0.25) is 0 Å². The van der Waals surface area contributed by atoms with Gasteiger partial charge in [-0.1, -0.05) is 6.07 Å². The molecule has 0 aromatic carbocycles. The number of imide groups is 1. The lowest BCUT2D eigenvalue weighted by Gasteiger charge is -2.42. The quantitative estimate of drug-likeness (QED) is 0.520. The van der Waals surface area contributed by atoms with E-state index in [1.54, 1.807) is 39.0 Å². The Hall–Kier alpha value is -2.89. The molecule has 31 heavy (non-hydrogen) atoms. The molecule has 3 heterocycles. The first-order chi connectivity index (χ1) is 14.3. The highest BCUT2D eigenvalue weighted by Gasteiger charge is 2.61. The van der Waals surface area contributed by atoms with Crippen molar-refractivity contribution in [1.82, 2.24) is 19.8 Å². The third-order valence-electron chi connectivity index (χ3n) is 4.76. The molecule has 0 spiro atoms. The summed E-state index contributed by atoms with van der Waals surface area (Å²) in [6.07, 6.45) is -4.43. The van der Waals surface area contributed by atoms with Crippen molar-refractivity contribution in [1.29, 1.82) is 0 Å². The number of hydrogen-bond donors (Lipinski definition) is 0. The molecule has 1 aromatic rings. The molecule has 12 heteroatoms. The van der Waals surface area contributed by atoms with E-state index in [-0.39, 0.29) is 31.0 Å². The number of ether oxygens (including phenoxy) is 1. The van der Waals surface area contributed by atoms with Gasteiger partial charge >= 0.3 is 18.4 Å². The number of urea groups is 1. The van der Waals surface area contributed by atoms with Crippen LogP contribution < -0.4 is 0 Å². The predicted octanol–water partition coefficient (Wildman–Crippen LogP) is 2.37. The Balaban J connectivity index is 1.90. The van der Waals surface area contributed by atoms with Crippen molar-refractivity contribution in [2.75, 3.05) is 26.2 Å². The number of rotatable bonds is 4. The number of hydroxylamine groups is 2. The minimum Gasteiger partial charge on any atom is -0.427 e. The van der Waals surface area contributed by atoms with Crippen LogP contribution in [0.5, 0.6) is 0 Å². The second kappa shape index (κ2) is 7.98. The number of fused-ring (bicyclic) bond motifs is 1. The molecule has 0 radical (unpaired) electrons. The van der Waals surface area contributed by atoms with Gasteiger partial charge in [0.1, 0.15) is 17.7 Å². The van der Waals surface area contributed by atoms with Crippen LogP contribution in [-0.4, -0.2) is 81.4 Å². The normalized spacial score (nSPS) is 22.5. The zero-order chi connectivity index (χ0) is 23.0. The highest BCUT2D eigenvalue weighted by molar-refractivity contribution is 6.07. The maximum absolute atomic E-state index is 13.2. The summed E-state index contributed by atoms with van der Waals surface area (Å²) in [5.41, 5.74) is -2.12. The lowest BCUT2D eigenvalue weighted by molar-refractivity contribution is -0.181. The Bertz CT molecular complexity index is 858. The lowest BCUT2D eigenvalue weighted by Crippen LogP contribution is -2.64. The number of pyridine rings is 1. The number of hydrogen-bond acceptors (Lipinski definition) is 7. The summed E-state index contributed by atoms with van der Waals surface area (Å²) in [6, 6.07) is 3.88. The molecule has 0 N–H and O–H groups in total. The van der Waals surface area contributed by atoms with Crippen molar-refractivity contribution in [2.45, 2.75) is 44.5 Å². The topological polar surface area (TPSA) is 92.3 Å². The molecule has 0 saturated carbocycles. The minimum absolute atomic E-state index is 0.00207. The molecule has 1 aromatic heterocycles. The van der Waals surface area contributed by atoms with E-state index in [4.69, 9.17) is 9.57 Å². The van der Waals surface area contributed by atoms with E-state index < -0.39 is 42.0 Å². The van der Waals surface area contributed by atoms with Gasteiger partial charge in [-0.05, 0) is 32.9 Å². The summed E-state index contributed by atoms with van der Waals surface area (Å²) in [4.78, 5) is 48.5. The van der Waals surface area contributed by atoms with Crippen molar-refractivity contribution >= 4 is 18.1 Å². The Morgan fingerprint density at radius 3 is 2.48 bits per heavy atom. The summed E-state index contributed by atoms with van der Waals surface area (Å²) in [5.74, 6) is -1.02. The van der Waals surface area contributed by atoms with Gasteiger partial charge in [-0.25, -0.2) is 9.59 Å². The van der Waals surface area contributed by atoms with Gasteiger partial charge in [0.2, 0.25) is 0 Å². The number of nitrogens with zero attached hydrogens (tertiary/aromatic N) is 4. The molecule has 0 bridgehead atoms. The number of halogens is 3. The minimum atomic E-state index is -4.75. The van der Waals surface area contributed by atoms with E-state index in [1.165, 1.54) is 6.20 Å². The van der Waals surface area contributed by atoms with Crippen molar-refractivity contribution in [3.8, 4) is 0 Å². The Labute approximate surface area is 176 Å². The van der Waals surface area contributed by atoms with Gasteiger partial charge in [-0.2, -0.15) is 13.2 Å². The van der Waals surface area contributed by atoms with Crippen LogP contribution >= 0.6 is 0 Å². The molecule has 9 nitrogen and oxygen atoms in total. The molecule has 2 saturated heterocycles. The third-order valence-corrected chi connectivity index (χ3v) is 4.76. The molecule has 3 amide bonds. The standard InChI is InChI=1S/C19H23F3N4O5/c1-17(2,3)30-16(29)31-24-8-9-26-15(28)25(12-19(20,21)22)14(27)18(26,11-24)10-13-6-4-5-7-23-13/h4-7H,8-12H2,1-3H3/t18-/m0/s1. The van der Waals surface area contributed by atoms with E-state index in [9.17, 15) is 27.6 Å². The number of amides is 3. The van der Waals surface area contributed by atoms with Crippen LogP contribution in [0.3, 0.4) is 0 Å². The average molecular weight is 444 g/mol. The first-order valence-electron chi connectivity index (χ1n) is 9.57. The van der Waals surface area contributed by atoms with Gasteiger partial charge in [0.05, 0.1) is 13.1 Å². The summed E-state index contributed by atoms with van der Waals surface area (Å²) in [6.45, 7) is 2.80. The summed E-state index contributed by atoms with van der Waals surface area (Å²) >= 11 is 0. The van der Waals surface area contributed by atoms with Crippen molar-refractivity contribution < 1.29 is 37.1 Å². The fourth-order valence-electron chi connectivity index (χ4n) is 3.63. The lowest BCUT2D eigenvalue weighted by atomic mass is 9.89. The average Bonchev–Trinajstić information content (AvgIpc) is 2.81. The molecule has 2 fully saturated rings. The largest absolute Gasteiger partial charge is 0.528 e. The highest BCUT2D eigenvalue weighted by atomic mass is 19.4. The molecule has 2 aliphatic rings. The molecule has 0 aliphatic carbocycles. The number of piperazine rings is 1. The fraction of sp³-hybridized carbons (Fsp3) is 0.579. The molecule has 170 valence electrons. The zero-order valence-corrected chi connectivity index (χ0v) is 17.3. The van der Waals surface area contributed by atoms with Gasteiger partial charge in [0, 0.05) is 24.9 Å². The van der Waals surface area contributed by atoms with Crippen LogP contribution in [-0.2, 0) is 20.8 Å². The second-order valence-electron chi connectivity index (χ2n) is 8.39. The monoisotopic (exact) mass is 444 g/mol. The predicted molar refractivity (Wildman–Crippen MR) is 99.4 cm³/mol.